The number of amides is 1. The van der Waals surface area contributed by atoms with Crippen LogP contribution in [0.5, 0.6) is 0 Å². The van der Waals surface area contributed by atoms with Crippen molar-refractivity contribution in [2.45, 2.75) is 82.5 Å². The Kier molecular flexibility index (Phi) is 4.52. The maximum Gasteiger partial charge on any atom is 0.262 e. The number of hydrogen-bond acceptors (Lipinski definition) is 5. The highest BCUT2D eigenvalue weighted by atomic mass is 32.1. The number of thiophene rings is 1. The summed E-state index contributed by atoms with van der Waals surface area (Å²) in [6.45, 7) is 0.399. The number of nitrogens with zero attached hydrogens (tertiary/aromatic N) is 2. The first-order valence-corrected chi connectivity index (χ1v) is 11.0. The lowest BCUT2D eigenvalue weighted by atomic mass is 9.97. The Labute approximate surface area is 162 Å². The Morgan fingerprint density at radius 1 is 1.26 bits per heavy atom. The summed E-state index contributed by atoms with van der Waals surface area (Å²) < 4.78 is 1.62. The number of aryl methyl sites for hydroxylation is 3. The summed E-state index contributed by atoms with van der Waals surface area (Å²) in [6, 6.07) is 1.40. The van der Waals surface area contributed by atoms with Gasteiger partial charge in [0, 0.05) is 36.0 Å². The Bertz CT molecular complexity index is 922. The van der Waals surface area contributed by atoms with Gasteiger partial charge in [0.15, 0.2) is 0 Å². The molecule has 0 aromatic carbocycles. The van der Waals surface area contributed by atoms with E-state index in [0.717, 1.165) is 42.3 Å². The maximum atomic E-state index is 12.9. The molecule has 144 valence electrons. The maximum absolute atomic E-state index is 12.9. The molecule has 2 bridgehead atoms. The zero-order valence-electron chi connectivity index (χ0n) is 15.5. The van der Waals surface area contributed by atoms with E-state index < -0.39 is 0 Å². The van der Waals surface area contributed by atoms with Gasteiger partial charge in [-0.05, 0) is 56.9 Å². The summed E-state index contributed by atoms with van der Waals surface area (Å²) in [4.78, 5) is 32.1. The van der Waals surface area contributed by atoms with Gasteiger partial charge in [0.25, 0.3) is 5.56 Å². The summed E-state index contributed by atoms with van der Waals surface area (Å²) in [5.41, 5.74) is 1.23. The number of fused-ring (bicyclic) bond motifs is 5. The first-order chi connectivity index (χ1) is 13.2. The van der Waals surface area contributed by atoms with Gasteiger partial charge in [0.1, 0.15) is 4.83 Å². The van der Waals surface area contributed by atoms with E-state index in [0.29, 0.717) is 25.0 Å². The zero-order valence-corrected chi connectivity index (χ0v) is 16.3. The summed E-state index contributed by atoms with van der Waals surface area (Å²) in [5.74, 6) is 0.0423. The predicted molar refractivity (Wildman–Crippen MR) is 106 cm³/mol. The molecule has 2 N–H and O–H groups in total. The lowest BCUT2D eigenvalue weighted by molar-refractivity contribution is -0.122. The monoisotopic (exact) mass is 386 g/mol. The quantitative estimate of drug-likeness (QED) is 0.844. The van der Waals surface area contributed by atoms with Crippen molar-refractivity contribution in [1.82, 2.24) is 20.2 Å². The Morgan fingerprint density at radius 3 is 2.85 bits per heavy atom. The first kappa shape index (κ1) is 17.4. The Balaban J connectivity index is 1.27. The minimum Gasteiger partial charge on any atom is -0.353 e. The van der Waals surface area contributed by atoms with Crippen molar-refractivity contribution < 1.29 is 4.79 Å². The van der Waals surface area contributed by atoms with Crippen LogP contribution in [0.2, 0.25) is 0 Å². The van der Waals surface area contributed by atoms with E-state index in [4.69, 9.17) is 0 Å². The van der Waals surface area contributed by atoms with Crippen LogP contribution in [0.15, 0.2) is 11.1 Å². The lowest BCUT2D eigenvalue weighted by Gasteiger charge is -2.29. The third kappa shape index (κ3) is 3.31. The third-order valence-corrected chi connectivity index (χ3v) is 7.56. The molecular weight excluding hydrogens is 360 g/mol. The Hall–Kier alpha value is -1.73. The molecule has 3 aliphatic rings. The molecule has 5 rings (SSSR count). The van der Waals surface area contributed by atoms with Crippen molar-refractivity contribution in [3.05, 3.63) is 27.1 Å². The van der Waals surface area contributed by atoms with Crippen molar-refractivity contribution in [1.29, 1.82) is 0 Å². The largest absolute Gasteiger partial charge is 0.353 e. The van der Waals surface area contributed by atoms with E-state index in [-0.39, 0.29) is 17.5 Å². The van der Waals surface area contributed by atoms with Crippen LogP contribution in [0.1, 0.15) is 55.4 Å². The van der Waals surface area contributed by atoms with Crippen LogP contribution in [0.3, 0.4) is 0 Å². The zero-order chi connectivity index (χ0) is 18.4. The second-order valence-corrected chi connectivity index (χ2v) is 9.34. The average Bonchev–Trinajstić information content (AvgIpc) is 3.21. The number of hydrogen-bond donors (Lipinski definition) is 2. The SMILES string of the molecule is O=C(CCn1cnc2sc3c(c2c1=O)CCCC3)NC1CC2CCC(C1)N2. The van der Waals surface area contributed by atoms with E-state index in [9.17, 15) is 9.59 Å². The topological polar surface area (TPSA) is 76.0 Å². The number of nitrogens with one attached hydrogen (secondary N) is 2. The van der Waals surface area contributed by atoms with E-state index in [1.807, 2.05) is 0 Å². The van der Waals surface area contributed by atoms with Gasteiger partial charge in [-0.15, -0.1) is 11.3 Å². The van der Waals surface area contributed by atoms with Crippen molar-refractivity contribution in [2.24, 2.45) is 0 Å². The first-order valence-electron chi connectivity index (χ1n) is 10.2. The molecule has 4 heterocycles. The Morgan fingerprint density at radius 2 is 2.04 bits per heavy atom. The number of piperidine rings is 1. The molecule has 2 unspecified atom stereocenters. The summed E-state index contributed by atoms with van der Waals surface area (Å²) >= 11 is 1.67. The van der Waals surface area contributed by atoms with Crippen LogP contribution in [0, 0.1) is 0 Å². The number of carbonyl (C=O) groups is 1. The third-order valence-electron chi connectivity index (χ3n) is 6.36. The van der Waals surface area contributed by atoms with Crippen LogP contribution >= 0.6 is 11.3 Å². The highest BCUT2D eigenvalue weighted by molar-refractivity contribution is 7.18. The van der Waals surface area contributed by atoms with E-state index in [1.54, 1.807) is 22.2 Å². The highest BCUT2D eigenvalue weighted by Crippen LogP contribution is 2.33. The van der Waals surface area contributed by atoms with E-state index >= 15 is 0 Å². The van der Waals surface area contributed by atoms with Gasteiger partial charge in [-0.3, -0.25) is 14.2 Å². The fourth-order valence-electron chi connectivity index (χ4n) is 5.04. The molecule has 0 spiro atoms. The minimum atomic E-state index is 0.0205. The molecule has 1 amide bonds. The second kappa shape index (κ2) is 7.02. The summed E-state index contributed by atoms with van der Waals surface area (Å²) in [6.07, 6.45) is 10.8. The van der Waals surface area contributed by atoms with Gasteiger partial charge < -0.3 is 10.6 Å². The minimum absolute atomic E-state index is 0.0205. The fourth-order valence-corrected chi connectivity index (χ4v) is 6.26. The van der Waals surface area contributed by atoms with Gasteiger partial charge in [-0.25, -0.2) is 4.98 Å². The molecule has 7 heteroatoms. The second-order valence-electron chi connectivity index (χ2n) is 8.26. The summed E-state index contributed by atoms with van der Waals surface area (Å²) in [5, 5.41) is 7.57. The molecule has 2 aromatic heterocycles. The number of aromatic nitrogens is 2. The van der Waals surface area contributed by atoms with Crippen LogP contribution in [-0.2, 0) is 24.2 Å². The van der Waals surface area contributed by atoms with Crippen LogP contribution in [0.4, 0.5) is 0 Å². The van der Waals surface area contributed by atoms with Gasteiger partial charge in [0.05, 0.1) is 11.7 Å². The predicted octanol–water partition coefficient (Wildman–Crippen LogP) is 2.13. The molecule has 1 aliphatic carbocycles. The summed E-state index contributed by atoms with van der Waals surface area (Å²) in [7, 11) is 0. The molecule has 0 saturated carbocycles. The van der Waals surface area contributed by atoms with Gasteiger partial charge in [-0.1, -0.05) is 0 Å². The molecule has 0 radical (unpaired) electrons. The molecule has 2 fully saturated rings. The molecule has 2 atom stereocenters. The number of rotatable bonds is 4. The average molecular weight is 387 g/mol. The van der Waals surface area contributed by atoms with E-state index in [1.165, 1.54) is 29.7 Å². The lowest BCUT2D eigenvalue weighted by Crippen LogP contribution is -2.48. The van der Waals surface area contributed by atoms with Gasteiger partial charge >= 0.3 is 0 Å². The van der Waals surface area contributed by atoms with Gasteiger partial charge in [0.2, 0.25) is 5.91 Å². The highest BCUT2D eigenvalue weighted by Gasteiger charge is 2.33. The molecule has 27 heavy (non-hydrogen) atoms. The smallest absolute Gasteiger partial charge is 0.262 e. The van der Waals surface area contributed by atoms with Gasteiger partial charge in [-0.2, -0.15) is 0 Å². The van der Waals surface area contributed by atoms with Crippen LogP contribution in [0.25, 0.3) is 10.2 Å². The molecule has 2 saturated heterocycles. The molecule has 6 nitrogen and oxygen atoms in total. The van der Waals surface area contributed by atoms with Crippen molar-refractivity contribution in [3.8, 4) is 0 Å². The van der Waals surface area contributed by atoms with Crippen LogP contribution in [-0.4, -0.2) is 33.6 Å². The molecule has 2 aromatic rings. The standard InChI is InChI=1S/C20H26N4O2S/c25-17(23-14-9-12-5-6-13(10-14)22-12)7-8-24-11-21-19-18(20(24)26)15-3-1-2-4-16(15)27-19/h11-14,22H,1-10H2,(H,23,25). The fraction of sp³-hybridized carbons (Fsp3) is 0.650. The van der Waals surface area contributed by atoms with Crippen molar-refractivity contribution in [3.63, 3.8) is 0 Å². The number of carbonyl (C=O) groups excluding carboxylic acids is 1. The van der Waals surface area contributed by atoms with Crippen molar-refractivity contribution >= 4 is 27.5 Å². The van der Waals surface area contributed by atoms with Crippen molar-refractivity contribution in [2.75, 3.05) is 0 Å². The molecule has 2 aliphatic heterocycles. The van der Waals surface area contributed by atoms with E-state index in [2.05, 4.69) is 15.6 Å². The molecular formula is C20H26N4O2S. The van der Waals surface area contributed by atoms with Crippen LogP contribution < -0.4 is 16.2 Å². The normalized spacial score (nSPS) is 26.9.